The first-order valence-electron chi connectivity index (χ1n) is 6.00. The lowest BCUT2D eigenvalue weighted by molar-refractivity contribution is -0.119. The topological polar surface area (TPSA) is 44.9 Å². The number of hydrogen-bond acceptors (Lipinski definition) is 1. The molecule has 0 spiro atoms. The minimum atomic E-state index is 0.0561. The van der Waals surface area contributed by atoms with E-state index in [0.29, 0.717) is 0 Å². The molecule has 3 rings (SSSR count). The molecule has 0 fully saturated rings. The van der Waals surface area contributed by atoms with Crippen LogP contribution in [0.2, 0.25) is 0 Å². The lowest BCUT2D eigenvalue weighted by atomic mass is 10.1. The molecular formula is C14H16N2O. The van der Waals surface area contributed by atoms with Gasteiger partial charge in [0.05, 0.1) is 0 Å². The van der Waals surface area contributed by atoms with Crippen LogP contribution in [0, 0.1) is 6.92 Å². The van der Waals surface area contributed by atoms with Crippen LogP contribution in [0.5, 0.6) is 0 Å². The van der Waals surface area contributed by atoms with Gasteiger partial charge in [-0.15, -0.1) is 0 Å². The lowest BCUT2D eigenvalue weighted by Crippen LogP contribution is -2.33. The number of aryl methyl sites for hydroxylation is 1. The molecule has 1 unspecified atom stereocenters. The molecule has 1 atom stereocenters. The molecule has 0 aliphatic heterocycles. The van der Waals surface area contributed by atoms with Gasteiger partial charge in [0, 0.05) is 36.0 Å². The molecule has 88 valence electrons. The lowest BCUT2D eigenvalue weighted by Gasteiger charge is -2.09. The summed E-state index contributed by atoms with van der Waals surface area (Å²) in [5.74, 6) is 0.0561. The fourth-order valence-corrected chi connectivity index (χ4v) is 2.78. The van der Waals surface area contributed by atoms with E-state index in [1.165, 1.54) is 27.7 Å². The van der Waals surface area contributed by atoms with Crippen LogP contribution < -0.4 is 5.32 Å². The van der Waals surface area contributed by atoms with E-state index in [2.05, 4.69) is 35.4 Å². The van der Waals surface area contributed by atoms with E-state index >= 15 is 0 Å². The molecule has 1 heterocycles. The van der Waals surface area contributed by atoms with Crippen LogP contribution in [0.4, 0.5) is 0 Å². The smallest absolute Gasteiger partial charge is 0.217 e. The first kappa shape index (κ1) is 10.4. The van der Waals surface area contributed by atoms with Gasteiger partial charge < -0.3 is 10.3 Å². The summed E-state index contributed by atoms with van der Waals surface area (Å²) in [6.07, 6.45) is 1.86. The van der Waals surface area contributed by atoms with Crippen LogP contribution in [-0.2, 0) is 17.6 Å². The molecule has 1 aromatic heterocycles. The Bertz CT molecular complexity index is 598. The van der Waals surface area contributed by atoms with Crippen molar-refractivity contribution < 1.29 is 4.79 Å². The van der Waals surface area contributed by atoms with E-state index in [0.717, 1.165) is 12.8 Å². The Balaban J connectivity index is 1.98. The van der Waals surface area contributed by atoms with Crippen LogP contribution in [0.3, 0.4) is 0 Å². The Labute approximate surface area is 100 Å². The van der Waals surface area contributed by atoms with Gasteiger partial charge in [-0.05, 0) is 31.0 Å². The second kappa shape index (κ2) is 3.62. The van der Waals surface area contributed by atoms with Gasteiger partial charge in [0.2, 0.25) is 5.91 Å². The van der Waals surface area contributed by atoms with Gasteiger partial charge in [-0.3, -0.25) is 4.79 Å². The average Bonchev–Trinajstić information content (AvgIpc) is 2.74. The van der Waals surface area contributed by atoms with Crippen molar-refractivity contribution >= 4 is 16.8 Å². The quantitative estimate of drug-likeness (QED) is 0.771. The van der Waals surface area contributed by atoms with E-state index in [4.69, 9.17) is 0 Å². The number of carbonyl (C=O) groups excluding carboxylic acids is 1. The number of nitrogens with one attached hydrogen (secondary N) is 2. The summed E-state index contributed by atoms with van der Waals surface area (Å²) in [7, 11) is 0. The summed E-state index contributed by atoms with van der Waals surface area (Å²) in [5.41, 5.74) is 5.15. The molecule has 1 aliphatic rings. The summed E-state index contributed by atoms with van der Waals surface area (Å²) in [6.45, 7) is 3.69. The number of fused-ring (bicyclic) bond motifs is 3. The van der Waals surface area contributed by atoms with E-state index in [1.807, 2.05) is 0 Å². The maximum absolute atomic E-state index is 11.1. The minimum Gasteiger partial charge on any atom is -0.358 e. The normalized spacial score (nSPS) is 18.4. The van der Waals surface area contributed by atoms with Crippen molar-refractivity contribution in [3.8, 4) is 0 Å². The molecule has 2 aromatic rings. The van der Waals surface area contributed by atoms with Crippen molar-refractivity contribution in [3.63, 3.8) is 0 Å². The number of amides is 1. The zero-order chi connectivity index (χ0) is 12.0. The highest BCUT2D eigenvalue weighted by atomic mass is 16.1. The zero-order valence-corrected chi connectivity index (χ0v) is 10.1. The molecule has 1 aromatic carbocycles. The van der Waals surface area contributed by atoms with Crippen LogP contribution in [-0.4, -0.2) is 16.9 Å². The third-order valence-electron chi connectivity index (χ3n) is 3.46. The van der Waals surface area contributed by atoms with Crippen molar-refractivity contribution in [2.24, 2.45) is 0 Å². The van der Waals surface area contributed by atoms with E-state index in [1.54, 1.807) is 6.92 Å². The predicted octanol–water partition coefficient (Wildman–Crippen LogP) is 2.08. The fraction of sp³-hybridized carbons (Fsp3) is 0.357. The highest BCUT2D eigenvalue weighted by Gasteiger charge is 2.25. The molecule has 1 amide bonds. The first-order chi connectivity index (χ1) is 8.13. The highest BCUT2D eigenvalue weighted by Crippen LogP contribution is 2.30. The molecular weight excluding hydrogens is 212 g/mol. The second-order valence-electron chi connectivity index (χ2n) is 4.94. The summed E-state index contributed by atoms with van der Waals surface area (Å²) >= 11 is 0. The van der Waals surface area contributed by atoms with Crippen molar-refractivity contribution in [2.75, 3.05) is 0 Å². The van der Waals surface area contributed by atoms with Gasteiger partial charge in [0.1, 0.15) is 0 Å². The number of hydrogen-bond donors (Lipinski definition) is 2. The molecule has 0 radical (unpaired) electrons. The Morgan fingerprint density at radius 2 is 2.24 bits per heavy atom. The summed E-state index contributed by atoms with van der Waals surface area (Å²) in [5, 5.41) is 4.31. The van der Waals surface area contributed by atoms with Crippen LogP contribution in [0.1, 0.15) is 23.7 Å². The maximum atomic E-state index is 11.1. The summed E-state index contributed by atoms with van der Waals surface area (Å²) in [4.78, 5) is 14.5. The Morgan fingerprint density at radius 1 is 1.41 bits per heavy atom. The molecule has 17 heavy (non-hydrogen) atoms. The number of rotatable bonds is 1. The third-order valence-corrected chi connectivity index (χ3v) is 3.46. The van der Waals surface area contributed by atoms with Crippen LogP contribution >= 0.6 is 0 Å². The first-order valence-corrected chi connectivity index (χ1v) is 6.00. The maximum Gasteiger partial charge on any atom is 0.217 e. The summed E-state index contributed by atoms with van der Waals surface area (Å²) < 4.78 is 0. The third kappa shape index (κ3) is 1.71. The number of aromatic amines is 1. The molecule has 0 saturated heterocycles. The predicted molar refractivity (Wildman–Crippen MR) is 68.0 cm³/mol. The molecule has 1 aliphatic carbocycles. The standard InChI is InChI=1S/C14H16N2O/c1-8-3-4-13-11(5-8)12-6-10(15-9(2)17)7-14(12)16-13/h3-5,10,16H,6-7H2,1-2H3,(H,15,17). The van der Waals surface area contributed by atoms with Crippen molar-refractivity contribution in [1.29, 1.82) is 0 Å². The number of H-pyrrole nitrogens is 1. The van der Waals surface area contributed by atoms with Crippen molar-refractivity contribution in [1.82, 2.24) is 10.3 Å². The van der Waals surface area contributed by atoms with E-state index < -0.39 is 0 Å². The minimum absolute atomic E-state index is 0.0561. The highest BCUT2D eigenvalue weighted by molar-refractivity contribution is 5.86. The molecule has 3 heteroatoms. The monoisotopic (exact) mass is 228 g/mol. The SMILES string of the molecule is CC(=O)NC1Cc2[nH]c3ccc(C)cc3c2C1. The van der Waals surface area contributed by atoms with Crippen molar-refractivity contribution in [3.05, 3.63) is 35.0 Å². The molecule has 2 N–H and O–H groups in total. The summed E-state index contributed by atoms with van der Waals surface area (Å²) in [6, 6.07) is 6.75. The number of aromatic nitrogens is 1. The number of benzene rings is 1. The number of carbonyl (C=O) groups is 1. The molecule has 3 nitrogen and oxygen atoms in total. The van der Waals surface area contributed by atoms with E-state index in [9.17, 15) is 4.79 Å². The van der Waals surface area contributed by atoms with Crippen LogP contribution in [0.25, 0.3) is 10.9 Å². The van der Waals surface area contributed by atoms with Crippen molar-refractivity contribution in [2.45, 2.75) is 32.7 Å². The van der Waals surface area contributed by atoms with Gasteiger partial charge in [0.15, 0.2) is 0 Å². The second-order valence-corrected chi connectivity index (χ2v) is 4.94. The van der Waals surface area contributed by atoms with Crippen LogP contribution in [0.15, 0.2) is 18.2 Å². The van der Waals surface area contributed by atoms with E-state index in [-0.39, 0.29) is 11.9 Å². The zero-order valence-electron chi connectivity index (χ0n) is 10.1. The van der Waals surface area contributed by atoms with Gasteiger partial charge in [-0.1, -0.05) is 11.6 Å². The van der Waals surface area contributed by atoms with Gasteiger partial charge in [0.25, 0.3) is 0 Å². The Morgan fingerprint density at radius 3 is 3.00 bits per heavy atom. The molecule has 0 saturated carbocycles. The Kier molecular flexibility index (Phi) is 2.21. The Hall–Kier alpha value is -1.77. The van der Waals surface area contributed by atoms with Gasteiger partial charge >= 0.3 is 0 Å². The molecule has 0 bridgehead atoms. The fourth-order valence-electron chi connectivity index (χ4n) is 2.78. The largest absolute Gasteiger partial charge is 0.358 e. The van der Waals surface area contributed by atoms with Gasteiger partial charge in [-0.2, -0.15) is 0 Å². The van der Waals surface area contributed by atoms with Gasteiger partial charge in [-0.25, -0.2) is 0 Å². The average molecular weight is 228 g/mol.